The molecule has 1 aromatic carbocycles. The third-order valence-electron chi connectivity index (χ3n) is 4.72. The highest BCUT2D eigenvalue weighted by molar-refractivity contribution is 5.97. The molecule has 0 aliphatic carbocycles. The molecule has 2 heterocycles. The van der Waals surface area contributed by atoms with Gasteiger partial charge < -0.3 is 10.0 Å². The van der Waals surface area contributed by atoms with Gasteiger partial charge in [0.05, 0.1) is 11.4 Å². The van der Waals surface area contributed by atoms with E-state index in [4.69, 9.17) is 0 Å². The zero-order valence-corrected chi connectivity index (χ0v) is 14.0. The first kappa shape index (κ1) is 16.2. The fraction of sp³-hybridized carbons (Fsp3) is 0.412. The molecule has 7 heteroatoms. The van der Waals surface area contributed by atoms with Crippen molar-refractivity contribution in [3.8, 4) is 5.69 Å². The predicted molar refractivity (Wildman–Crippen MR) is 87.1 cm³/mol. The van der Waals surface area contributed by atoms with Crippen LogP contribution in [0.3, 0.4) is 0 Å². The number of benzene rings is 1. The fourth-order valence-electron chi connectivity index (χ4n) is 3.10. The zero-order chi connectivity index (χ0) is 17.5. The predicted octanol–water partition coefficient (Wildman–Crippen LogP) is 1.96. The lowest BCUT2D eigenvalue weighted by Crippen LogP contribution is -2.51. The number of carboxylic acid groups (broad SMARTS) is 1. The summed E-state index contributed by atoms with van der Waals surface area (Å²) in [4.78, 5) is 25.8. The van der Waals surface area contributed by atoms with E-state index in [-0.39, 0.29) is 11.6 Å². The summed E-state index contributed by atoms with van der Waals surface area (Å²) < 4.78 is 1.60. The number of hydrogen-bond acceptors (Lipinski definition) is 4. The largest absolute Gasteiger partial charge is 0.480 e. The van der Waals surface area contributed by atoms with Gasteiger partial charge in [0.25, 0.3) is 5.91 Å². The molecule has 24 heavy (non-hydrogen) atoms. The second kappa shape index (κ2) is 5.74. The zero-order valence-electron chi connectivity index (χ0n) is 14.0. The van der Waals surface area contributed by atoms with Gasteiger partial charge in [0.1, 0.15) is 5.54 Å². The molecule has 0 spiro atoms. The maximum Gasteiger partial charge on any atom is 0.329 e. The highest BCUT2D eigenvalue weighted by Gasteiger charge is 2.47. The van der Waals surface area contributed by atoms with Crippen LogP contribution in [-0.2, 0) is 4.79 Å². The molecule has 1 aliphatic rings. The highest BCUT2D eigenvalue weighted by Crippen LogP contribution is 2.31. The Balaban J connectivity index is 1.95. The summed E-state index contributed by atoms with van der Waals surface area (Å²) in [5.41, 5.74) is 1.56. The minimum atomic E-state index is -1.18. The van der Waals surface area contributed by atoms with Crippen LogP contribution in [-0.4, -0.2) is 49.0 Å². The molecule has 0 radical (unpaired) electrons. The SMILES string of the molecule is Cc1ccc(-n2nnc(C(=O)N3CCCC3(C)C(=O)O)c2C)cc1. The van der Waals surface area contributed by atoms with Crippen molar-refractivity contribution in [3.63, 3.8) is 0 Å². The van der Waals surface area contributed by atoms with Crippen molar-refractivity contribution in [2.45, 2.75) is 39.2 Å². The van der Waals surface area contributed by atoms with Crippen LogP contribution in [0.2, 0.25) is 0 Å². The maximum absolute atomic E-state index is 12.8. The van der Waals surface area contributed by atoms with Gasteiger partial charge in [-0.2, -0.15) is 0 Å². The third kappa shape index (κ3) is 2.46. The number of aromatic nitrogens is 3. The van der Waals surface area contributed by atoms with Crippen LogP contribution >= 0.6 is 0 Å². The average Bonchev–Trinajstić information content (AvgIpc) is 3.12. The topological polar surface area (TPSA) is 88.3 Å². The standard InChI is InChI=1S/C17H20N4O3/c1-11-5-7-13(8-6-11)21-12(2)14(18-19-21)15(22)20-10-4-9-17(20,3)16(23)24/h5-8H,4,9-10H2,1-3H3,(H,23,24). The van der Waals surface area contributed by atoms with Gasteiger partial charge in [-0.05, 0) is 45.7 Å². The van der Waals surface area contributed by atoms with Gasteiger partial charge in [0.15, 0.2) is 5.69 Å². The summed E-state index contributed by atoms with van der Waals surface area (Å²) in [5.74, 6) is -1.37. The van der Waals surface area contributed by atoms with E-state index in [1.165, 1.54) is 4.90 Å². The summed E-state index contributed by atoms with van der Waals surface area (Å²) in [6, 6.07) is 7.73. The lowest BCUT2D eigenvalue weighted by atomic mass is 9.99. The van der Waals surface area contributed by atoms with Crippen molar-refractivity contribution < 1.29 is 14.7 Å². The van der Waals surface area contributed by atoms with E-state index >= 15 is 0 Å². The fourth-order valence-corrected chi connectivity index (χ4v) is 3.10. The van der Waals surface area contributed by atoms with Crippen LogP contribution in [0, 0.1) is 13.8 Å². The van der Waals surface area contributed by atoms with E-state index in [1.807, 2.05) is 31.2 Å². The van der Waals surface area contributed by atoms with Crippen LogP contribution in [0.5, 0.6) is 0 Å². The monoisotopic (exact) mass is 328 g/mol. The van der Waals surface area contributed by atoms with Crippen LogP contribution in [0.1, 0.15) is 41.5 Å². The molecule has 0 saturated carbocycles. The van der Waals surface area contributed by atoms with E-state index in [1.54, 1.807) is 18.5 Å². The number of aryl methyl sites for hydroxylation is 1. The van der Waals surface area contributed by atoms with Gasteiger partial charge in [-0.15, -0.1) is 5.10 Å². The van der Waals surface area contributed by atoms with Crippen molar-refractivity contribution >= 4 is 11.9 Å². The molecule has 1 N–H and O–H groups in total. The molecule has 126 valence electrons. The minimum absolute atomic E-state index is 0.199. The number of nitrogens with zero attached hydrogens (tertiary/aromatic N) is 4. The van der Waals surface area contributed by atoms with Gasteiger partial charge in [0, 0.05) is 6.54 Å². The van der Waals surface area contributed by atoms with Crippen LogP contribution in [0.25, 0.3) is 5.69 Å². The molecule has 7 nitrogen and oxygen atoms in total. The minimum Gasteiger partial charge on any atom is -0.480 e. The lowest BCUT2D eigenvalue weighted by molar-refractivity contribution is -0.147. The summed E-state index contributed by atoms with van der Waals surface area (Å²) >= 11 is 0. The smallest absolute Gasteiger partial charge is 0.329 e. The molecule has 2 aromatic rings. The summed E-state index contributed by atoms with van der Waals surface area (Å²) in [6.45, 7) is 5.76. The summed E-state index contributed by atoms with van der Waals surface area (Å²) in [5, 5.41) is 17.6. The number of likely N-dealkylation sites (tertiary alicyclic amines) is 1. The van der Waals surface area contributed by atoms with Crippen molar-refractivity contribution in [2.75, 3.05) is 6.54 Å². The number of carboxylic acids is 1. The van der Waals surface area contributed by atoms with Gasteiger partial charge in [0.2, 0.25) is 0 Å². The Morgan fingerprint density at radius 2 is 1.88 bits per heavy atom. The van der Waals surface area contributed by atoms with Gasteiger partial charge in [-0.3, -0.25) is 4.79 Å². The van der Waals surface area contributed by atoms with E-state index in [9.17, 15) is 14.7 Å². The number of carbonyl (C=O) groups is 2. The van der Waals surface area contributed by atoms with E-state index in [0.29, 0.717) is 25.1 Å². The highest BCUT2D eigenvalue weighted by atomic mass is 16.4. The van der Waals surface area contributed by atoms with Crippen LogP contribution in [0.15, 0.2) is 24.3 Å². The Kier molecular flexibility index (Phi) is 3.87. The van der Waals surface area contributed by atoms with Crippen molar-refractivity contribution in [2.24, 2.45) is 0 Å². The Bertz CT molecular complexity index is 797. The number of hydrogen-bond donors (Lipinski definition) is 1. The molecule has 1 saturated heterocycles. The van der Waals surface area contributed by atoms with E-state index < -0.39 is 11.5 Å². The summed E-state index contributed by atoms with van der Waals surface area (Å²) in [7, 11) is 0. The number of rotatable bonds is 3. The molecule has 1 aliphatic heterocycles. The molecule has 3 rings (SSSR count). The number of aliphatic carboxylic acids is 1. The average molecular weight is 328 g/mol. The Morgan fingerprint density at radius 1 is 1.21 bits per heavy atom. The van der Waals surface area contributed by atoms with Crippen molar-refractivity contribution in [1.29, 1.82) is 0 Å². The molecule has 0 bridgehead atoms. The van der Waals surface area contributed by atoms with Crippen molar-refractivity contribution in [1.82, 2.24) is 19.9 Å². The number of carbonyl (C=O) groups excluding carboxylic acids is 1. The van der Waals surface area contributed by atoms with Gasteiger partial charge in [-0.25, -0.2) is 9.48 Å². The Morgan fingerprint density at radius 3 is 2.50 bits per heavy atom. The molecule has 1 unspecified atom stereocenters. The molecule has 1 amide bonds. The third-order valence-corrected chi connectivity index (χ3v) is 4.72. The quantitative estimate of drug-likeness (QED) is 0.930. The first-order chi connectivity index (χ1) is 11.3. The first-order valence-corrected chi connectivity index (χ1v) is 7.89. The molecule has 1 fully saturated rings. The molecular weight excluding hydrogens is 308 g/mol. The second-order valence-electron chi connectivity index (χ2n) is 6.41. The molecule has 1 atom stereocenters. The lowest BCUT2D eigenvalue weighted by Gasteiger charge is -2.30. The van der Waals surface area contributed by atoms with Gasteiger partial charge in [-0.1, -0.05) is 22.9 Å². The van der Waals surface area contributed by atoms with E-state index in [0.717, 1.165) is 11.3 Å². The van der Waals surface area contributed by atoms with Gasteiger partial charge >= 0.3 is 5.97 Å². The number of amides is 1. The van der Waals surface area contributed by atoms with E-state index in [2.05, 4.69) is 10.3 Å². The van der Waals surface area contributed by atoms with Crippen LogP contribution < -0.4 is 0 Å². The van der Waals surface area contributed by atoms with Crippen molar-refractivity contribution in [3.05, 3.63) is 41.2 Å². The Hall–Kier alpha value is -2.70. The molecular formula is C17H20N4O3. The Labute approximate surface area is 139 Å². The normalized spacial score (nSPS) is 20.4. The molecule has 1 aromatic heterocycles. The first-order valence-electron chi connectivity index (χ1n) is 7.89. The summed E-state index contributed by atoms with van der Waals surface area (Å²) in [6.07, 6.45) is 1.11. The van der Waals surface area contributed by atoms with Crippen LogP contribution in [0.4, 0.5) is 0 Å². The maximum atomic E-state index is 12.8. The second-order valence-corrected chi connectivity index (χ2v) is 6.41.